The van der Waals surface area contributed by atoms with E-state index in [-0.39, 0.29) is 11.8 Å². The maximum absolute atomic E-state index is 9.95. The van der Waals surface area contributed by atoms with E-state index in [1.54, 1.807) is 0 Å². The van der Waals surface area contributed by atoms with Crippen LogP contribution in [-0.2, 0) is 0 Å². The molecular weight excluding hydrogens is 206 g/mol. The van der Waals surface area contributed by atoms with Crippen LogP contribution in [0.2, 0.25) is 0 Å². The van der Waals surface area contributed by atoms with Gasteiger partial charge in [-0.05, 0) is 32.7 Å². The van der Waals surface area contributed by atoms with Crippen LogP contribution in [0.1, 0.15) is 33.1 Å². The highest BCUT2D eigenvalue weighted by Gasteiger charge is 2.25. The van der Waals surface area contributed by atoms with Crippen molar-refractivity contribution in [2.75, 3.05) is 19.6 Å². The Bertz CT molecular complexity index is 254. The van der Waals surface area contributed by atoms with Gasteiger partial charge in [0.05, 0.1) is 5.60 Å². The largest absolute Gasteiger partial charge is 0.409 e. The van der Waals surface area contributed by atoms with Crippen molar-refractivity contribution in [2.24, 2.45) is 16.8 Å². The maximum atomic E-state index is 9.95. The van der Waals surface area contributed by atoms with E-state index in [1.165, 1.54) is 0 Å². The van der Waals surface area contributed by atoms with Crippen LogP contribution in [0.4, 0.5) is 0 Å². The summed E-state index contributed by atoms with van der Waals surface area (Å²) in [6.45, 7) is 6.46. The minimum absolute atomic E-state index is 0.0491. The summed E-state index contributed by atoms with van der Waals surface area (Å²) in [5, 5.41) is 21.5. The van der Waals surface area contributed by atoms with E-state index in [1.807, 2.05) is 13.8 Å². The quantitative estimate of drug-likeness (QED) is 0.286. The molecule has 0 bridgehead atoms. The second-order valence-corrected chi connectivity index (χ2v) is 5.08. The Morgan fingerprint density at radius 2 is 2.19 bits per heavy atom. The molecule has 16 heavy (non-hydrogen) atoms. The van der Waals surface area contributed by atoms with Crippen LogP contribution < -0.4 is 5.73 Å². The molecule has 4 N–H and O–H groups in total. The van der Waals surface area contributed by atoms with Crippen LogP contribution >= 0.6 is 0 Å². The Kier molecular flexibility index (Phi) is 4.56. The molecule has 0 saturated carbocycles. The number of nitrogens with zero attached hydrogens (tertiary/aromatic N) is 2. The van der Waals surface area contributed by atoms with E-state index in [4.69, 9.17) is 10.9 Å². The molecule has 1 fully saturated rings. The van der Waals surface area contributed by atoms with Gasteiger partial charge in [-0.15, -0.1) is 0 Å². The van der Waals surface area contributed by atoms with E-state index < -0.39 is 5.60 Å². The molecule has 0 aromatic heterocycles. The molecule has 1 rings (SSSR count). The number of hydrogen-bond acceptors (Lipinski definition) is 4. The number of likely N-dealkylation sites (tertiary alicyclic amines) is 1. The predicted molar refractivity (Wildman–Crippen MR) is 63.5 cm³/mol. The van der Waals surface area contributed by atoms with E-state index in [0.29, 0.717) is 0 Å². The molecule has 0 aromatic rings. The third-order valence-corrected chi connectivity index (χ3v) is 3.31. The third-order valence-electron chi connectivity index (χ3n) is 3.31. The van der Waals surface area contributed by atoms with Crippen LogP contribution in [0.5, 0.6) is 0 Å². The lowest BCUT2D eigenvalue weighted by molar-refractivity contribution is 0.0445. The maximum Gasteiger partial charge on any atom is 0.143 e. The van der Waals surface area contributed by atoms with Crippen molar-refractivity contribution in [3.8, 4) is 0 Å². The second kappa shape index (κ2) is 5.50. The molecule has 0 aliphatic carbocycles. The highest BCUT2D eigenvalue weighted by atomic mass is 16.4. The van der Waals surface area contributed by atoms with E-state index in [0.717, 1.165) is 38.9 Å². The van der Waals surface area contributed by atoms with Gasteiger partial charge in [0.2, 0.25) is 0 Å². The van der Waals surface area contributed by atoms with E-state index in [2.05, 4.69) is 10.1 Å². The summed E-state index contributed by atoms with van der Waals surface area (Å²) in [4.78, 5) is 2.27. The molecular formula is C11H23N3O2. The highest BCUT2D eigenvalue weighted by molar-refractivity contribution is 5.82. The molecule has 1 heterocycles. The summed E-state index contributed by atoms with van der Waals surface area (Å²) in [5.74, 6) is 0.323. The van der Waals surface area contributed by atoms with Crippen molar-refractivity contribution in [3.05, 3.63) is 0 Å². The molecule has 94 valence electrons. The average Bonchev–Trinajstić information content (AvgIpc) is 2.39. The first kappa shape index (κ1) is 13.3. The summed E-state index contributed by atoms with van der Waals surface area (Å²) < 4.78 is 0. The minimum atomic E-state index is -0.533. The molecule has 1 saturated heterocycles. The summed E-state index contributed by atoms with van der Waals surface area (Å²) >= 11 is 0. The Morgan fingerprint density at radius 3 is 2.81 bits per heavy atom. The molecule has 2 atom stereocenters. The molecule has 1 aliphatic rings. The summed E-state index contributed by atoms with van der Waals surface area (Å²) in [7, 11) is 0. The van der Waals surface area contributed by atoms with Gasteiger partial charge in [-0.2, -0.15) is 0 Å². The SMILES string of the molecule is CC(CN1CCCC(C)(O)CC1)C(N)=NO. The van der Waals surface area contributed by atoms with Crippen molar-refractivity contribution >= 4 is 5.84 Å². The number of amidine groups is 1. The summed E-state index contributed by atoms with van der Waals surface area (Å²) in [5.41, 5.74) is 5.02. The second-order valence-electron chi connectivity index (χ2n) is 5.08. The fourth-order valence-electron chi connectivity index (χ4n) is 2.08. The van der Waals surface area contributed by atoms with E-state index >= 15 is 0 Å². The first-order chi connectivity index (χ1) is 7.44. The summed E-state index contributed by atoms with van der Waals surface area (Å²) in [6, 6.07) is 0. The van der Waals surface area contributed by atoms with Gasteiger partial charge in [0, 0.05) is 19.0 Å². The van der Waals surface area contributed by atoms with Gasteiger partial charge in [-0.1, -0.05) is 12.1 Å². The van der Waals surface area contributed by atoms with Gasteiger partial charge in [0.15, 0.2) is 0 Å². The molecule has 5 heteroatoms. The van der Waals surface area contributed by atoms with Crippen LogP contribution in [0, 0.1) is 5.92 Å². The molecule has 0 aromatic carbocycles. The normalized spacial score (nSPS) is 31.1. The zero-order valence-corrected chi connectivity index (χ0v) is 10.2. The molecule has 0 spiro atoms. The number of nitrogens with two attached hydrogens (primary N) is 1. The van der Waals surface area contributed by atoms with Crippen molar-refractivity contribution in [3.63, 3.8) is 0 Å². The third kappa shape index (κ3) is 3.98. The van der Waals surface area contributed by atoms with Gasteiger partial charge >= 0.3 is 0 Å². The van der Waals surface area contributed by atoms with E-state index in [9.17, 15) is 5.11 Å². The first-order valence-corrected chi connectivity index (χ1v) is 5.87. The minimum Gasteiger partial charge on any atom is -0.409 e. The highest BCUT2D eigenvalue weighted by Crippen LogP contribution is 2.21. The van der Waals surface area contributed by atoms with Gasteiger partial charge in [-0.25, -0.2) is 0 Å². The fourth-order valence-corrected chi connectivity index (χ4v) is 2.08. The predicted octanol–water partition coefficient (Wildman–Crippen LogP) is 0.606. The molecule has 0 radical (unpaired) electrons. The Hall–Kier alpha value is -0.810. The monoisotopic (exact) mass is 229 g/mol. The zero-order chi connectivity index (χ0) is 12.2. The first-order valence-electron chi connectivity index (χ1n) is 5.87. The van der Waals surface area contributed by atoms with Crippen LogP contribution in [0.3, 0.4) is 0 Å². The lowest BCUT2D eigenvalue weighted by Crippen LogP contribution is -2.36. The zero-order valence-electron chi connectivity index (χ0n) is 10.2. The molecule has 2 unspecified atom stereocenters. The van der Waals surface area contributed by atoms with Gasteiger partial charge in [-0.3, -0.25) is 0 Å². The topological polar surface area (TPSA) is 82.1 Å². The van der Waals surface area contributed by atoms with Crippen LogP contribution in [0.25, 0.3) is 0 Å². The lowest BCUT2D eigenvalue weighted by Gasteiger charge is -2.24. The number of hydrogen-bond donors (Lipinski definition) is 3. The van der Waals surface area contributed by atoms with Gasteiger partial charge < -0.3 is 20.9 Å². The fraction of sp³-hybridized carbons (Fsp3) is 0.909. The van der Waals surface area contributed by atoms with Crippen molar-refractivity contribution in [1.29, 1.82) is 0 Å². The van der Waals surface area contributed by atoms with Crippen LogP contribution in [-0.4, -0.2) is 46.3 Å². The number of rotatable bonds is 3. The smallest absolute Gasteiger partial charge is 0.143 e. The standard InChI is InChI=1S/C11H23N3O2/c1-9(10(12)13-16)8-14-6-3-4-11(2,15)5-7-14/h9,15-16H,3-8H2,1-2H3,(H2,12,13). The Labute approximate surface area is 96.9 Å². The molecule has 0 amide bonds. The average molecular weight is 229 g/mol. The Balaban J connectivity index is 2.44. The Morgan fingerprint density at radius 1 is 1.50 bits per heavy atom. The van der Waals surface area contributed by atoms with Gasteiger partial charge in [0.25, 0.3) is 0 Å². The lowest BCUT2D eigenvalue weighted by atomic mass is 9.98. The summed E-state index contributed by atoms with van der Waals surface area (Å²) in [6.07, 6.45) is 2.63. The van der Waals surface area contributed by atoms with Crippen molar-refractivity contribution in [2.45, 2.75) is 38.7 Å². The van der Waals surface area contributed by atoms with Crippen LogP contribution in [0.15, 0.2) is 5.16 Å². The number of aliphatic hydroxyl groups is 1. The molecule has 5 nitrogen and oxygen atoms in total. The number of oxime groups is 1. The van der Waals surface area contributed by atoms with Crippen molar-refractivity contribution < 1.29 is 10.3 Å². The van der Waals surface area contributed by atoms with Crippen molar-refractivity contribution in [1.82, 2.24) is 4.90 Å². The molecule has 1 aliphatic heterocycles. The van der Waals surface area contributed by atoms with Gasteiger partial charge in [0.1, 0.15) is 5.84 Å².